The van der Waals surface area contributed by atoms with Crippen LogP contribution in [0, 0.1) is 0 Å². The number of hydrogen-bond acceptors (Lipinski definition) is 2. The number of nitrogens with two attached hydrogens (primary N) is 1. The summed E-state index contributed by atoms with van der Waals surface area (Å²) in [4.78, 5) is 6.63. The highest BCUT2D eigenvalue weighted by molar-refractivity contribution is 6.31. The van der Waals surface area contributed by atoms with Gasteiger partial charge in [0, 0.05) is 48.8 Å². The van der Waals surface area contributed by atoms with E-state index in [-0.39, 0.29) is 6.10 Å². The second-order valence-electron chi connectivity index (χ2n) is 6.04. The largest absolute Gasteiger partial charge is 0.375 e. The number of rotatable bonds is 3. The van der Waals surface area contributed by atoms with E-state index in [9.17, 15) is 0 Å². The number of hydrogen-bond donors (Lipinski definition) is 1. The Morgan fingerprint density at radius 1 is 1.48 bits per heavy atom. The molecule has 1 unspecified atom stereocenters. The Balaban J connectivity index is 1.67. The Bertz CT molecular complexity index is 725. The molecule has 1 aromatic carbocycles. The van der Waals surface area contributed by atoms with E-state index in [1.807, 2.05) is 19.2 Å². The van der Waals surface area contributed by atoms with E-state index in [1.165, 1.54) is 10.9 Å². The van der Waals surface area contributed by atoms with E-state index in [0.717, 1.165) is 30.0 Å². The average molecular weight is 335 g/mol. The van der Waals surface area contributed by atoms with Crippen molar-refractivity contribution < 1.29 is 4.74 Å². The minimum absolute atomic E-state index is 0.209. The number of fused-ring (bicyclic) bond motifs is 1. The minimum atomic E-state index is 0.209. The summed E-state index contributed by atoms with van der Waals surface area (Å²) >= 11 is 6.08. The Labute approximate surface area is 141 Å². The van der Waals surface area contributed by atoms with Crippen molar-refractivity contribution in [2.75, 3.05) is 26.2 Å². The molecule has 0 saturated carbocycles. The average Bonchev–Trinajstić information content (AvgIpc) is 2.83. The fourth-order valence-electron chi connectivity index (χ4n) is 3.06. The third-order valence-electron chi connectivity index (χ3n) is 4.26. The lowest BCUT2D eigenvalue weighted by molar-refractivity contribution is 0.00530. The van der Waals surface area contributed by atoms with E-state index in [1.54, 1.807) is 0 Å². The standard InChI is InChI=1S/C17H23ClN4O/c1-12-10-22(7-8-23-12)17(19)20-6-5-13-11-21(2)16-9-14(18)3-4-15(13)16/h3-4,9,11-12H,5-8,10H2,1-2H3,(H2,19,20). The molecule has 124 valence electrons. The predicted octanol–water partition coefficient (Wildman–Crippen LogP) is 2.41. The minimum Gasteiger partial charge on any atom is -0.375 e. The first-order valence-corrected chi connectivity index (χ1v) is 8.32. The molecule has 0 amide bonds. The summed E-state index contributed by atoms with van der Waals surface area (Å²) in [6.07, 6.45) is 3.21. The maximum Gasteiger partial charge on any atom is 0.191 e. The van der Waals surface area contributed by atoms with Crippen LogP contribution in [0.15, 0.2) is 29.4 Å². The van der Waals surface area contributed by atoms with Crippen molar-refractivity contribution in [1.29, 1.82) is 0 Å². The lowest BCUT2D eigenvalue weighted by atomic mass is 10.1. The van der Waals surface area contributed by atoms with Gasteiger partial charge in [-0.2, -0.15) is 0 Å². The molecule has 0 bridgehead atoms. The van der Waals surface area contributed by atoms with Crippen LogP contribution in [-0.4, -0.2) is 47.8 Å². The summed E-state index contributed by atoms with van der Waals surface area (Å²) in [7, 11) is 2.04. The Hall–Kier alpha value is -1.72. The number of aliphatic imine (C=N–C) groups is 1. The van der Waals surface area contributed by atoms with Crippen LogP contribution in [0.1, 0.15) is 12.5 Å². The molecule has 23 heavy (non-hydrogen) atoms. The van der Waals surface area contributed by atoms with Gasteiger partial charge in [0.05, 0.1) is 12.7 Å². The van der Waals surface area contributed by atoms with Gasteiger partial charge in [0.1, 0.15) is 0 Å². The van der Waals surface area contributed by atoms with E-state index < -0.39 is 0 Å². The van der Waals surface area contributed by atoms with E-state index in [2.05, 4.69) is 33.6 Å². The Kier molecular flexibility index (Phi) is 4.78. The number of aromatic nitrogens is 1. The zero-order chi connectivity index (χ0) is 16.4. The molecule has 2 N–H and O–H groups in total. The molecule has 1 saturated heterocycles. The maximum atomic E-state index is 6.11. The number of nitrogens with zero attached hydrogens (tertiary/aromatic N) is 3. The monoisotopic (exact) mass is 334 g/mol. The third-order valence-corrected chi connectivity index (χ3v) is 4.49. The first-order valence-electron chi connectivity index (χ1n) is 7.94. The number of ether oxygens (including phenoxy) is 1. The molecule has 5 nitrogen and oxygen atoms in total. The van der Waals surface area contributed by atoms with Crippen molar-refractivity contribution in [3.8, 4) is 0 Å². The van der Waals surface area contributed by atoms with Gasteiger partial charge in [-0.05, 0) is 31.0 Å². The summed E-state index contributed by atoms with van der Waals surface area (Å²) in [6, 6.07) is 6.00. The van der Waals surface area contributed by atoms with Gasteiger partial charge in [-0.15, -0.1) is 0 Å². The van der Waals surface area contributed by atoms with Crippen LogP contribution in [0.5, 0.6) is 0 Å². The molecule has 0 spiro atoms. The third kappa shape index (κ3) is 3.62. The van der Waals surface area contributed by atoms with Crippen molar-refractivity contribution >= 4 is 28.5 Å². The fourth-order valence-corrected chi connectivity index (χ4v) is 3.22. The second kappa shape index (κ2) is 6.81. The van der Waals surface area contributed by atoms with Gasteiger partial charge in [-0.25, -0.2) is 0 Å². The number of benzene rings is 1. The number of aryl methyl sites for hydroxylation is 1. The molecule has 1 aliphatic heterocycles. The number of halogens is 1. The first kappa shape index (κ1) is 16.1. The van der Waals surface area contributed by atoms with Crippen LogP contribution in [-0.2, 0) is 18.2 Å². The van der Waals surface area contributed by atoms with E-state index in [4.69, 9.17) is 22.1 Å². The van der Waals surface area contributed by atoms with Crippen molar-refractivity contribution in [1.82, 2.24) is 9.47 Å². The Morgan fingerprint density at radius 2 is 2.30 bits per heavy atom. The molecular formula is C17H23ClN4O. The van der Waals surface area contributed by atoms with Crippen molar-refractivity contribution in [3.05, 3.63) is 35.0 Å². The van der Waals surface area contributed by atoms with Gasteiger partial charge in [-0.3, -0.25) is 4.99 Å². The van der Waals surface area contributed by atoms with Crippen LogP contribution in [0.4, 0.5) is 0 Å². The fraction of sp³-hybridized carbons (Fsp3) is 0.471. The highest BCUT2D eigenvalue weighted by atomic mass is 35.5. The van der Waals surface area contributed by atoms with E-state index in [0.29, 0.717) is 19.1 Å². The van der Waals surface area contributed by atoms with Crippen LogP contribution in [0.2, 0.25) is 5.02 Å². The van der Waals surface area contributed by atoms with Crippen LogP contribution in [0.25, 0.3) is 10.9 Å². The molecule has 1 fully saturated rings. The molecule has 0 aliphatic carbocycles. The van der Waals surface area contributed by atoms with Crippen LogP contribution >= 0.6 is 11.6 Å². The van der Waals surface area contributed by atoms with Crippen LogP contribution < -0.4 is 5.73 Å². The van der Waals surface area contributed by atoms with Gasteiger partial charge in [-0.1, -0.05) is 17.7 Å². The van der Waals surface area contributed by atoms with Crippen LogP contribution in [0.3, 0.4) is 0 Å². The summed E-state index contributed by atoms with van der Waals surface area (Å²) in [5.74, 6) is 0.614. The predicted molar refractivity (Wildman–Crippen MR) is 95.1 cm³/mol. The quantitative estimate of drug-likeness (QED) is 0.692. The topological polar surface area (TPSA) is 55.8 Å². The number of guanidine groups is 1. The molecule has 2 aromatic rings. The van der Waals surface area contributed by atoms with Gasteiger partial charge in [0.2, 0.25) is 0 Å². The van der Waals surface area contributed by atoms with Crippen molar-refractivity contribution in [2.45, 2.75) is 19.4 Å². The summed E-state index contributed by atoms with van der Waals surface area (Å²) in [6.45, 7) is 5.07. The molecule has 6 heteroatoms. The highest BCUT2D eigenvalue weighted by Crippen LogP contribution is 2.24. The summed E-state index contributed by atoms with van der Waals surface area (Å²) in [5, 5.41) is 1.99. The summed E-state index contributed by atoms with van der Waals surface area (Å²) < 4.78 is 7.63. The molecule has 0 radical (unpaired) electrons. The van der Waals surface area contributed by atoms with Gasteiger partial charge < -0.3 is 19.9 Å². The zero-order valence-electron chi connectivity index (χ0n) is 13.6. The Morgan fingerprint density at radius 3 is 3.09 bits per heavy atom. The number of morpholine rings is 1. The van der Waals surface area contributed by atoms with Gasteiger partial charge >= 0.3 is 0 Å². The van der Waals surface area contributed by atoms with Crippen molar-refractivity contribution in [3.63, 3.8) is 0 Å². The molecule has 1 aromatic heterocycles. The van der Waals surface area contributed by atoms with Gasteiger partial charge in [0.15, 0.2) is 5.96 Å². The first-order chi connectivity index (χ1) is 11.0. The van der Waals surface area contributed by atoms with Gasteiger partial charge in [0.25, 0.3) is 0 Å². The van der Waals surface area contributed by atoms with E-state index >= 15 is 0 Å². The molecule has 2 heterocycles. The normalized spacial score (nSPS) is 19.5. The maximum absolute atomic E-state index is 6.11. The lowest BCUT2D eigenvalue weighted by Gasteiger charge is -2.31. The highest BCUT2D eigenvalue weighted by Gasteiger charge is 2.17. The molecule has 3 rings (SSSR count). The molecule has 1 aliphatic rings. The smallest absolute Gasteiger partial charge is 0.191 e. The summed E-state index contributed by atoms with van der Waals surface area (Å²) in [5.41, 5.74) is 8.52. The second-order valence-corrected chi connectivity index (χ2v) is 6.48. The molecular weight excluding hydrogens is 312 g/mol. The van der Waals surface area contributed by atoms with Crippen molar-refractivity contribution in [2.24, 2.45) is 17.8 Å². The lowest BCUT2D eigenvalue weighted by Crippen LogP contribution is -2.47. The molecule has 1 atom stereocenters. The zero-order valence-corrected chi connectivity index (χ0v) is 14.4. The SMILES string of the molecule is CC1CN(C(N)=NCCc2cn(C)c3cc(Cl)ccc23)CCO1.